The number of carbonyl (C=O) groups is 1. The van der Waals surface area contributed by atoms with Gasteiger partial charge in [-0.25, -0.2) is 0 Å². The molecule has 22 heavy (non-hydrogen) atoms. The van der Waals surface area contributed by atoms with Gasteiger partial charge < -0.3 is 14.7 Å². The Hall–Kier alpha value is -1.96. The first-order valence-electron chi connectivity index (χ1n) is 5.81. The zero-order valence-electron chi connectivity index (χ0n) is 11.1. The van der Waals surface area contributed by atoms with E-state index in [0.29, 0.717) is 5.56 Å². The van der Waals surface area contributed by atoms with E-state index < -0.39 is 11.6 Å². The molecule has 0 aliphatic heterocycles. The van der Waals surface area contributed by atoms with E-state index in [2.05, 4.69) is 11.8 Å². The number of rotatable bonds is 3. The highest BCUT2D eigenvalue weighted by molar-refractivity contribution is 8.06. The third-order valence-corrected chi connectivity index (χ3v) is 2.38. The number of nitrogens with zero attached hydrogens (tertiary/aromatic N) is 1. The molecule has 0 aliphatic rings. The van der Waals surface area contributed by atoms with E-state index in [1.807, 2.05) is 0 Å². The van der Waals surface area contributed by atoms with Gasteiger partial charge in [-0.3, -0.25) is 14.9 Å². The molecule has 0 saturated heterocycles. The summed E-state index contributed by atoms with van der Waals surface area (Å²) in [6.07, 6.45) is 0. The largest absolute Gasteiger partial charge is 0.325 e. The lowest BCUT2D eigenvalue weighted by Crippen LogP contribution is -2.04. The normalized spacial score (nSPS) is 10.3. The summed E-state index contributed by atoms with van der Waals surface area (Å²) >= 11 is 3.60. The van der Waals surface area contributed by atoms with Gasteiger partial charge in [-0.1, -0.05) is 42.5 Å². The van der Waals surface area contributed by atoms with Crippen molar-refractivity contribution < 1.29 is 24.4 Å². The van der Waals surface area contributed by atoms with Crippen molar-refractivity contribution in [3.63, 3.8) is 0 Å². The molecular weight excluding hydrogens is 329 g/mol. The monoisotopic (exact) mass is 341 g/mol. The highest BCUT2D eigenvalue weighted by atomic mass is 32.5. The van der Waals surface area contributed by atoms with Gasteiger partial charge in [0.15, 0.2) is 5.78 Å². The van der Waals surface area contributed by atoms with Gasteiger partial charge in [-0.15, -0.1) is 0 Å². The Morgan fingerprint density at radius 2 is 1.45 bits per heavy atom. The van der Waals surface area contributed by atoms with Crippen LogP contribution >= 0.6 is 6.72 Å². The fourth-order valence-electron chi connectivity index (χ4n) is 1.57. The lowest BCUT2D eigenvalue weighted by Gasteiger charge is -2.01. The van der Waals surface area contributed by atoms with E-state index in [9.17, 15) is 14.9 Å². The summed E-state index contributed by atoms with van der Waals surface area (Å²) in [6, 6.07) is 14.5. The second-order valence-corrected chi connectivity index (χ2v) is 6.48. The van der Waals surface area contributed by atoms with Crippen LogP contribution in [0.25, 0.3) is 0 Å². The van der Waals surface area contributed by atoms with Crippen LogP contribution in [-0.4, -0.2) is 25.4 Å². The second-order valence-electron chi connectivity index (χ2n) is 3.98. The maximum Gasteiger partial charge on any atom is 0.319 e. The van der Waals surface area contributed by atoms with Gasteiger partial charge in [-0.05, 0) is 17.9 Å². The van der Waals surface area contributed by atoms with Crippen molar-refractivity contribution in [2.24, 2.45) is 0 Å². The number of benzene rings is 2. The molecule has 0 saturated carbocycles. The summed E-state index contributed by atoms with van der Waals surface area (Å²) in [7, 11) is 0. The molecule has 0 amide bonds. The van der Waals surface area contributed by atoms with E-state index in [1.165, 1.54) is 12.1 Å². The highest BCUT2D eigenvalue weighted by Crippen LogP contribution is 2.26. The van der Waals surface area contributed by atoms with Gasteiger partial charge in [0.1, 0.15) is 5.56 Å². The maximum atomic E-state index is 12.1. The molecule has 2 aromatic rings. The number of carbonyl (C=O) groups excluding carboxylic acids is 1. The molecule has 0 aromatic heterocycles. The molecule has 3 N–H and O–H groups in total. The Balaban J connectivity index is 0.000000422. The molecule has 0 spiro atoms. The number of hydrogen-bond donors (Lipinski definition) is 3. The standard InChI is InChI=1S/C13H9NO3.H3O3PS/c15-13(10-6-2-1-3-7-10)11-8-4-5-9-12(11)14(16)17;1-4(2,3)5/h1-9H;(H3,1,2,3,5). The summed E-state index contributed by atoms with van der Waals surface area (Å²) in [6.45, 7) is -3.81. The number of nitro benzene ring substituents is 1. The van der Waals surface area contributed by atoms with E-state index in [0.717, 1.165) is 0 Å². The van der Waals surface area contributed by atoms with Crippen LogP contribution in [-0.2, 0) is 11.8 Å². The number of para-hydroxylation sites is 1. The molecule has 9 heteroatoms. The fraction of sp³-hybridized carbons (Fsp3) is 0. The van der Waals surface area contributed by atoms with Gasteiger partial charge >= 0.3 is 6.72 Å². The SMILES string of the molecule is O=C(c1ccccc1)c1ccccc1[N+](=O)[O-].OP(O)(O)=S. The number of nitro groups is 1. The topological polar surface area (TPSA) is 121 Å². The molecule has 0 unspecified atom stereocenters. The first-order valence-corrected chi connectivity index (χ1v) is 8.47. The maximum absolute atomic E-state index is 12.1. The average Bonchev–Trinajstić information content (AvgIpc) is 2.45. The lowest BCUT2D eigenvalue weighted by molar-refractivity contribution is -0.385. The zero-order chi connectivity index (χ0) is 16.8. The fourth-order valence-corrected chi connectivity index (χ4v) is 1.57. The summed E-state index contributed by atoms with van der Waals surface area (Å²) in [4.78, 5) is 45.0. The number of ketones is 1. The molecular formula is C13H12NO6PS. The summed E-state index contributed by atoms with van der Waals surface area (Å²) < 4.78 is 0. The van der Waals surface area contributed by atoms with Crippen LogP contribution in [0.4, 0.5) is 5.69 Å². The van der Waals surface area contributed by atoms with Gasteiger partial charge in [0.25, 0.3) is 5.69 Å². The predicted octanol–water partition coefficient (Wildman–Crippen LogP) is 2.01. The molecule has 0 bridgehead atoms. The smallest absolute Gasteiger partial charge is 0.319 e. The molecule has 7 nitrogen and oxygen atoms in total. The molecule has 2 rings (SSSR count). The van der Waals surface area contributed by atoms with Crippen LogP contribution in [0.5, 0.6) is 0 Å². The third kappa shape index (κ3) is 6.21. The van der Waals surface area contributed by atoms with Crippen molar-refractivity contribution >= 4 is 30.0 Å². The molecule has 0 fully saturated rings. The van der Waals surface area contributed by atoms with Crippen molar-refractivity contribution in [3.8, 4) is 0 Å². The van der Waals surface area contributed by atoms with Crippen LogP contribution in [0.1, 0.15) is 15.9 Å². The predicted molar refractivity (Wildman–Crippen MR) is 83.9 cm³/mol. The molecule has 0 radical (unpaired) electrons. The molecule has 116 valence electrons. The Morgan fingerprint density at radius 1 is 1.00 bits per heavy atom. The molecule has 0 aliphatic carbocycles. The first kappa shape index (κ1) is 18.1. The Labute approximate surface area is 130 Å². The van der Waals surface area contributed by atoms with Crippen LogP contribution < -0.4 is 0 Å². The summed E-state index contributed by atoms with van der Waals surface area (Å²) in [5.74, 6) is -0.335. The average molecular weight is 341 g/mol. The van der Waals surface area contributed by atoms with Crippen molar-refractivity contribution in [2.45, 2.75) is 0 Å². The Bertz CT molecular complexity index is 707. The van der Waals surface area contributed by atoms with Crippen molar-refractivity contribution in [1.82, 2.24) is 0 Å². The molecule has 2 aromatic carbocycles. The van der Waals surface area contributed by atoms with Gasteiger partial charge in [0.05, 0.1) is 4.92 Å². The van der Waals surface area contributed by atoms with Gasteiger partial charge in [0, 0.05) is 11.6 Å². The van der Waals surface area contributed by atoms with Crippen molar-refractivity contribution in [3.05, 3.63) is 75.8 Å². The minimum Gasteiger partial charge on any atom is -0.325 e. The van der Waals surface area contributed by atoms with E-state index >= 15 is 0 Å². The quantitative estimate of drug-likeness (QED) is 0.338. The van der Waals surface area contributed by atoms with Crippen LogP contribution in [0.2, 0.25) is 0 Å². The summed E-state index contributed by atoms with van der Waals surface area (Å²) in [5.41, 5.74) is 0.395. The van der Waals surface area contributed by atoms with Gasteiger partial charge in [-0.2, -0.15) is 0 Å². The molecule has 0 atom stereocenters. The van der Waals surface area contributed by atoms with E-state index in [1.54, 1.807) is 42.5 Å². The first-order chi connectivity index (χ1) is 10.2. The number of hydrogen-bond acceptors (Lipinski definition) is 4. The van der Waals surface area contributed by atoms with E-state index in [-0.39, 0.29) is 17.0 Å². The lowest BCUT2D eigenvalue weighted by atomic mass is 10.0. The zero-order valence-corrected chi connectivity index (χ0v) is 12.8. The van der Waals surface area contributed by atoms with Crippen LogP contribution in [0.3, 0.4) is 0 Å². The van der Waals surface area contributed by atoms with Crippen molar-refractivity contribution in [2.75, 3.05) is 0 Å². The van der Waals surface area contributed by atoms with Gasteiger partial charge in [0.2, 0.25) is 0 Å². The third-order valence-electron chi connectivity index (χ3n) is 2.38. The highest BCUT2D eigenvalue weighted by Gasteiger charge is 2.19. The summed E-state index contributed by atoms with van der Waals surface area (Å²) in [5, 5.41) is 10.8. The minimum absolute atomic E-state index is 0.115. The Kier molecular flexibility index (Phi) is 6.48. The van der Waals surface area contributed by atoms with Crippen LogP contribution in [0, 0.1) is 10.1 Å². The Morgan fingerprint density at radius 3 is 1.95 bits per heavy atom. The van der Waals surface area contributed by atoms with Crippen LogP contribution in [0.15, 0.2) is 54.6 Å². The van der Waals surface area contributed by atoms with Crippen molar-refractivity contribution in [1.29, 1.82) is 0 Å². The molecule has 0 heterocycles. The second kappa shape index (κ2) is 7.88. The van der Waals surface area contributed by atoms with E-state index in [4.69, 9.17) is 14.7 Å². The minimum atomic E-state index is -3.81.